The van der Waals surface area contributed by atoms with Crippen molar-refractivity contribution in [2.45, 2.75) is 32.7 Å². The van der Waals surface area contributed by atoms with Gasteiger partial charge < -0.3 is 10.1 Å². The van der Waals surface area contributed by atoms with Gasteiger partial charge in [0.1, 0.15) is 0 Å². The number of likely N-dealkylation sites (tertiary alicyclic amines) is 1. The fourth-order valence-corrected chi connectivity index (χ4v) is 2.07. The van der Waals surface area contributed by atoms with E-state index in [4.69, 9.17) is 0 Å². The highest BCUT2D eigenvalue weighted by Gasteiger charge is 2.16. The van der Waals surface area contributed by atoms with Crippen LogP contribution in [0, 0.1) is 0 Å². The van der Waals surface area contributed by atoms with Crippen molar-refractivity contribution in [2.75, 3.05) is 33.3 Å². The molecule has 1 rings (SSSR count). The molecule has 17 heavy (non-hydrogen) atoms. The molecule has 0 saturated carbocycles. The lowest BCUT2D eigenvalue weighted by Crippen LogP contribution is -2.38. The minimum absolute atomic E-state index is 0.251. The van der Waals surface area contributed by atoms with Crippen LogP contribution in [0.2, 0.25) is 0 Å². The first kappa shape index (κ1) is 14.2. The van der Waals surface area contributed by atoms with Crippen LogP contribution in [0.4, 0.5) is 0 Å². The lowest BCUT2D eigenvalue weighted by molar-refractivity contribution is -0.136. The van der Waals surface area contributed by atoms with Gasteiger partial charge in [0.2, 0.25) is 0 Å². The Hall–Kier alpha value is -0.870. The zero-order chi connectivity index (χ0) is 12.7. The largest absolute Gasteiger partial charge is 0.466 e. The van der Waals surface area contributed by atoms with Gasteiger partial charge in [-0.15, -0.1) is 0 Å². The average molecular weight is 240 g/mol. The SMILES string of the molecule is COC(=O)C(C)=CCNCC(C)N1CCCC1. The number of nitrogens with zero attached hydrogens (tertiary/aromatic N) is 1. The van der Waals surface area contributed by atoms with Gasteiger partial charge in [0.05, 0.1) is 7.11 Å². The number of hydrogen-bond donors (Lipinski definition) is 1. The molecule has 0 bridgehead atoms. The number of carbonyl (C=O) groups is 1. The third-order valence-electron chi connectivity index (χ3n) is 3.26. The Balaban J connectivity index is 2.16. The molecule has 1 saturated heterocycles. The minimum Gasteiger partial charge on any atom is -0.466 e. The second kappa shape index (κ2) is 7.45. The molecule has 4 nitrogen and oxygen atoms in total. The summed E-state index contributed by atoms with van der Waals surface area (Å²) in [6.45, 7) is 8.15. The van der Waals surface area contributed by atoms with Crippen LogP contribution in [0.3, 0.4) is 0 Å². The van der Waals surface area contributed by atoms with E-state index in [0.29, 0.717) is 11.6 Å². The molecular formula is C13H24N2O2. The summed E-state index contributed by atoms with van der Waals surface area (Å²) >= 11 is 0. The Labute approximate surface area is 104 Å². The molecule has 1 aliphatic rings. The second-order valence-corrected chi connectivity index (χ2v) is 4.63. The topological polar surface area (TPSA) is 41.6 Å². The van der Waals surface area contributed by atoms with Gasteiger partial charge in [0, 0.05) is 24.7 Å². The third-order valence-corrected chi connectivity index (χ3v) is 3.26. The van der Waals surface area contributed by atoms with Gasteiger partial charge in [0.15, 0.2) is 0 Å². The lowest BCUT2D eigenvalue weighted by Gasteiger charge is -2.23. The van der Waals surface area contributed by atoms with Crippen molar-refractivity contribution >= 4 is 5.97 Å². The number of rotatable bonds is 6. The second-order valence-electron chi connectivity index (χ2n) is 4.63. The van der Waals surface area contributed by atoms with Gasteiger partial charge in [-0.2, -0.15) is 0 Å². The highest BCUT2D eigenvalue weighted by Crippen LogP contribution is 2.10. The molecule has 0 aromatic carbocycles. The molecule has 0 amide bonds. The monoisotopic (exact) mass is 240 g/mol. The molecule has 0 aromatic rings. The van der Waals surface area contributed by atoms with E-state index in [1.807, 2.05) is 6.08 Å². The maximum atomic E-state index is 11.1. The summed E-state index contributed by atoms with van der Waals surface area (Å²) in [5.74, 6) is -0.251. The maximum absolute atomic E-state index is 11.1. The van der Waals surface area contributed by atoms with Gasteiger partial charge in [0.25, 0.3) is 0 Å². The van der Waals surface area contributed by atoms with Crippen LogP contribution >= 0.6 is 0 Å². The van der Waals surface area contributed by atoms with Crippen LogP contribution < -0.4 is 5.32 Å². The first-order valence-corrected chi connectivity index (χ1v) is 6.35. The van der Waals surface area contributed by atoms with E-state index in [1.165, 1.54) is 33.0 Å². The molecule has 0 aromatic heterocycles. The summed E-state index contributed by atoms with van der Waals surface area (Å²) in [5.41, 5.74) is 0.661. The summed E-state index contributed by atoms with van der Waals surface area (Å²) < 4.78 is 4.63. The molecular weight excluding hydrogens is 216 g/mol. The summed E-state index contributed by atoms with van der Waals surface area (Å²) in [6, 6.07) is 0.573. The van der Waals surface area contributed by atoms with E-state index in [9.17, 15) is 4.79 Å². The number of nitrogens with one attached hydrogen (secondary N) is 1. The van der Waals surface area contributed by atoms with Gasteiger partial charge in [-0.1, -0.05) is 6.08 Å². The Bertz CT molecular complexity index is 271. The molecule has 0 radical (unpaired) electrons. The summed E-state index contributed by atoms with van der Waals surface area (Å²) in [4.78, 5) is 13.6. The third kappa shape index (κ3) is 4.88. The quantitative estimate of drug-likeness (QED) is 0.430. The molecule has 1 atom stereocenters. The van der Waals surface area contributed by atoms with Crippen LogP contribution in [-0.2, 0) is 9.53 Å². The molecule has 98 valence electrons. The normalized spacial score (nSPS) is 19.4. The predicted octanol–water partition coefficient (Wildman–Crippen LogP) is 1.18. The molecule has 1 fully saturated rings. The van der Waals surface area contributed by atoms with Crippen LogP contribution in [-0.4, -0.2) is 50.2 Å². The summed E-state index contributed by atoms with van der Waals surface area (Å²) in [7, 11) is 1.41. The Morgan fingerprint density at radius 2 is 2.12 bits per heavy atom. The van der Waals surface area contributed by atoms with Crippen LogP contribution in [0.5, 0.6) is 0 Å². The highest BCUT2D eigenvalue weighted by molar-refractivity contribution is 5.87. The molecule has 1 aliphatic heterocycles. The number of esters is 1. The fraction of sp³-hybridized carbons (Fsp3) is 0.769. The van der Waals surface area contributed by atoms with Gasteiger partial charge in [-0.3, -0.25) is 4.90 Å². The summed E-state index contributed by atoms with van der Waals surface area (Å²) in [5, 5.41) is 3.35. The zero-order valence-electron chi connectivity index (χ0n) is 11.2. The van der Waals surface area contributed by atoms with E-state index in [2.05, 4.69) is 21.9 Å². The standard InChI is InChI=1S/C13H24N2O2/c1-11(13(16)17-3)6-7-14-10-12(2)15-8-4-5-9-15/h6,12,14H,4-5,7-10H2,1-3H3. The Kier molecular flexibility index (Phi) is 6.22. The van der Waals surface area contributed by atoms with E-state index < -0.39 is 0 Å². The Morgan fingerprint density at radius 1 is 1.47 bits per heavy atom. The minimum atomic E-state index is -0.251. The number of ether oxygens (including phenoxy) is 1. The molecule has 0 spiro atoms. The van der Waals surface area contributed by atoms with Crippen molar-refractivity contribution in [3.8, 4) is 0 Å². The first-order valence-electron chi connectivity index (χ1n) is 6.35. The van der Waals surface area contributed by atoms with Crippen LogP contribution in [0.15, 0.2) is 11.6 Å². The van der Waals surface area contributed by atoms with Crippen molar-refractivity contribution in [2.24, 2.45) is 0 Å². The van der Waals surface area contributed by atoms with Crippen molar-refractivity contribution in [1.29, 1.82) is 0 Å². The average Bonchev–Trinajstić information content (AvgIpc) is 2.86. The fourth-order valence-electron chi connectivity index (χ4n) is 2.07. The highest BCUT2D eigenvalue weighted by atomic mass is 16.5. The number of carbonyl (C=O) groups excluding carboxylic acids is 1. The lowest BCUT2D eigenvalue weighted by atomic mass is 10.2. The zero-order valence-corrected chi connectivity index (χ0v) is 11.2. The molecule has 0 aliphatic carbocycles. The van der Waals surface area contributed by atoms with Crippen LogP contribution in [0.1, 0.15) is 26.7 Å². The first-order chi connectivity index (χ1) is 8.15. The maximum Gasteiger partial charge on any atom is 0.333 e. The number of hydrogen-bond acceptors (Lipinski definition) is 4. The Morgan fingerprint density at radius 3 is 2.71 bits per heavy atom. The van der Waals surface area contributed by atoms with E-state index in [1.54, 1.807) is 6.92 Å². The van der Waals surface area contributed by atoms with Crippen molar-refractivity contribution in [3.63, 3.8) is 0 Å². The van der Waals surface area contributed by atoms with E-state index in [0.717, 1.165) is 13.1 Å². The van der Waals surface area contributed by atoms with Crippen molar-refractivity contribution < 1.29 is 9.53 Å². The molecule has 4 heteroatoms. The number of methoxy groups -OCH3 is 1. The molecule has 1 N–H and O–H groups in total. The van der Waals surface area contributed by atoms with Gasteiger partial charge >= 0.3 is 5.97 Å². The van der Waals surface area contributed by atoms with Crippen molar-refractivity contribution in [3.05, 3.63) is 11.6 Å². The van der Waals surface area contributed by atoms with Crippen LogP contribution in [0.25, 0.3) is 0 Å². The van der Waals surface area contributed by atoms with E-state index in [-0.39, 0.29) is 5.97 Å². The van der Waals surface area contributed by atoms with Crippen molar-refractivity contribution in [1.82, 2.24) is 10.2 Å². The summed E-state index contributed by atoms with van der Waals surface area (Å²) in [6.07, 6.45) is 4.53. The smallest absolute Gasteiger partial charge is 0.333 e. The molecule has 1 unspecified atom stereocenters. The predicted molar refractivity (Wildman–Crippen MR) is 68.9 cm³/mol. The van der Waals surface area contributed by atoms with Gasteiger partial charge in [-0.25, -0.2) is 4.79 Å². The van der Waals surface area contributed by atoms with Gasteiger partial charge in [-0.05, 0) is 39.8 Å². The van der Waals surface area contributed by atoms with E-state index >= 15 is 0 Å². The molecule has 1 heterocycles.